The van der Waals surface area contributed by atoms with E-state index in [1.807, 2.05) is 6.92 Å². The van der Waals surface area contributed by atoms with Crippen molar-refractivity contribution in [1.29, 1.82) is 0 Å². The molecule has 0 aliphatic rings. The van der Waals surface area contributed by atoms with Gasteiger partial charge in [0.15, 0.2) is 0 Å². The Morgan fingerprint density at radius 3 is 2.65 bits per heavy atom. The van der Waals surface area contributed by atoms with Crippen LogP contribution < -0.4 is 5.73 Å². The topological polar surface area (TPSA) is 63.3 Å². The van der Waals surface area contributed by atoms with E-state index in [0.717, 1.165) is 32.1 Å². The van der Waals surface area contributed by atoms with Crippen molar-refractivity contribution in [1.82, 2.24) is 0 Å². The lowest BCUT2D eigenvalue weighted by Crippen LogP contribution is -2.21. The Morgan fingerprint density at radius 1 is 1.35 bits per heavy atom. The Bertz CT molecular complexity index is 448. The summed E-state index contributed by atoms with van der Waals surface area (Å²) in [6.45, 7) is 4.03. The van der Waals surface area contributed by atoms with E-state index in [2.05, 4.69) is 6.92 Å². The molecule has 0 bridgehead atoms. The van der Waals surface area contributed by atoms with Crippen LogP contribution in [0.4, 0.5) is 10.1 Å². The highest BCUT2D eigenvalue weighted by atomic mass is 19.1. The molecule has 0 saturated carbocycles. The summed E-state index contributed by atoms with van der Waals surface area (Å²) in [7, 11) is 0. The summed E-state index contributed by atoms with van der Waals surface area (Å²) in [6, 6.07) is 3.94. The largest absolute Gasteiger partial charge is 0.481 e. The number of benzene rings is 1. The van der Waals surface area contributed by atoms with Gasteiger partial charge in [0.2, 0.25) is 0 Å². The van der Waals surface area contributed by atoms with Crippen molar-refractivity contribution >= 4 is 11.7 Å². The fourth-order valence-electron chi connectivity index (χ4n) is 2.56. The fraction of sp³-hybridized carbons (Fsp3) is 0.562. The van der Waals surface area contributed by atoms with Crippen LogP contribution >= 0.6 is 0 Å². The van der Waals surface area contributed by atoms with Crippen LogP contribution in [0.2, 0.25) is 0 Å². The molecule has 4 heteroatoms. The first-order chi connectivity index (χ1) is 9.47. The summed E-state index contributed by atoms with van der Waals surface area (Å²) in [5, 5.41) is 9.44. The maximum atomic E-state index is 13.3. The van der Waals surface area contributed by atoms with Gasteiger partial charge in [-0.2, -0.15) is 0 Å². The molecule has 0 radical (unpaired) electrons. The van der Waals surface area contributed by atoms with Crippen LogP contribution in [0.15, 0.2) is 18.2 Å². The summed E-state index contributed by atoms with van der Waals surface area (Å²) >= 11 is 0. The van der Waals surface area contributed by atoms with Gasteiger partial charge in [-0.3, -0.25) is 4.79 Å². The standard InChI is InChI=1S/C16H24FNO2/c1-3-4-5-6-7-11(2)15(16(19)20)13-10-12(17)8-9-14(13)18/h8-11,15H,3-7,18H2,1-2H3,(H,19,20). The Morgan fingerprint density at radius 2 is 2.05 bits per heavy atom. The van der Waals surface area contributed by atoms with Gasteiger partial charge in [0.25, 0.3) is 0 Å². The van der Waals surface area contributed by atoms with Crippen molar-refractivity contribution in [2.24, 2.45) is 5.92 Å². The van der Waals surface area contributed by atoms with E-state index in [4.69, 9.17) is 5.73 Å². The number of rotatable bonds is 8. The molecule has 3 N–H and O–H groups in total. The molecule has 0 saturated heterocycles. The highest BCUT2D eigenvalue weighted by Crippen LogP contribution is 2.33. The molecule has 0 aliphatic heterocycles. The minimum Gasteiger partial charge on any atom is -0.481 e. The summed E-state index contributed by atoms with van der Waals surface area (Å²) < 4.78 is 13.3. The van der Waals surface area contributed by atoms with Crippen molar-refractivity contribution < 1.29 is 14.3 Å². The summed E-state index contributed by atoms with van der Waals surface area (Å²) in [5.41, 5.74) is 6.55. The number of carboxylic acids is 1. The Labute approximate surface area is 120 Å². The predicted octanol–water partition coefficient (Wildman–Crippen LogP) is 4.18. The van der Waals surface area contributed by atoms with Crippen LogP contribution in [-0.4, -0.2) is 11.1 Å². The SMILES string of the molecule is CCCCCCC(C)C(C(=O)O)c1cc(F)ccc1N. The summed E-state index contributed by atoms with van der Waals surface area (Å²) in [4.78, 5) is 11.5. The van der Waals surface area contributed by atoms with Crippen LogP contribution in [0.1, 0.15) is 57.4 Å². The van der Waals surface area contributed by atoms with Gasteiger partial charge in [-0.25, -0.2) is 4.39 Å². The number of nitrogen functional groups attached to an aromatic ring is 1. The molecule has 1 aromatic carbocycles. The Hall–Kier alpha value is -1.58. The zero-order chi connectivity index (χ0) is 15.1. The van der Waals surface area contributed by atoms with Crippen LogP contribution in [-0.2, 0) is 4.79 Å². The number of carboxylic acid groups (broad SMARTS) is 1. The monoisotopic (exact) mass is 281 g/mol. The molecule has 3 nitrogen and oxygen atoms in total. The van der Waals surface area contributed by atoms with Gasteiger partial charge >= 0.3 is 5.97 Å². The lowest BCUT2D eigenvalue weighted by molar-refractivity contribution is -0.140. The molecule has 20 heavy (non-hydrogen) atoms. The van der Waals surface area contributed by atoms with E-state index in [1.54, 1.807) is 0 Å². The fourth-order valence-corrected chi connectivity index (χ4v) is 2.56. The predicted molar refractivity (Wildman–Crippen MR) is 79.1 cm³/mol. The molecule has 0 aromatic heterocycles. The number of halogens is 1. The lowest BCUT2D eigenvalue weighted by Gasteiger charge is -2.22. The number of hydrogen-bond donors (Lipinski definition) is 2. The van der Waals surface area contributed by atoms with Crippen LogP contribution in [0.3, 0.4) is 0 Å². The number of nitrogens with two attached hydrogens (primary N) is 1. The highest BCUT2D eigenvalue weighted by Gasteiger charge is 2.28. The van der Waals surface area contributed by atoms with Gasteiger partial charge in [-0.15, -0.1) is 0 Å². The first-order valence-electron chi connectivity index (χ1n) is 7.25. The van der Waals surface area contributed by atoms with Crippen molar-refractivity contribution in [2.75, 3.05) is 5.73 Å². The molecule has 112 valence electrons. The molecule has 2 unspecified atom stereocenters. The van der Waals surface area contributed by atoms with Gasteiger partial charge in [0.05, 0.1) is 5.92 Å². The van der Waals surface area contributed by atoms with Crippen LogP contribution in [0, 0.1) is 11.7 Å². The van der Waals surface area contributed by atoms with E-state index in [1.165, 1.54) is 18.2 Å². The van der Waals surface area contributed by atoms with Gasteiger partial charge in [-0.1, -0.05) is 39.5 Å². The Balaban J connectivity index is 2.83. The van der Waals surface area contributed by atoms with Crippen molar-refractivity contribution in [2.45, 2.75) is 51.9 Å². The quantitative estimate of drug-likeness (QED) is 0.555. The second-order valence-corrected chi connectivity index (χ2v) is 5.42. The Kier molecular flexibility index (Phi) is 6.49. The van der Waals surface area contributed by atoms with Crippen LogP contribution in [0.5, 0.6) is 0 Å². The maximum Gasteiger partial charge on any atom is 0.311 e. The van der Waals surface area contributed by atoms with E-state index >= 15 is 0 Å². The number of unbranched alkanes of at least 4 members (excludes halogenated alkanes) is 3. The molecule has 1 rings (SSSR count). The summed E-state index contributed by atoms with van der Waals surface area (Å²) in [6.07, 6.45) is 5.22. The van der Waals surface area contributed by atoms with Gasteiger partial charge in [0, 0.05) is 5.69 Å². The normalized spacial score (nSPS) is 13.9. The third-order valence-corrected chi connectivity index (χ3v) is 3.73. The van der Waals surface area contributed by atoms with E-state index in [-0.39, 0.29) is 5.92 Å². The average molecular weight is 281 g/mol. The molecule has 0 heterocycles. The molecule has 0 spiro atoms. The zero-order valence-corrected chi connectivity index (χ0v) is 12.2. The average Bonchev–Trinajstić information content (AvgIpc) is 2.38. The van der Waals surface area contributed by atoms with Gasteiger partial charge in [-0.05, 0) is 36.1 Å². The first-order valence-corrected chi connectivity index (χ1v) is 7.25. The van der Waals surface area contributed by atoms with Crippen LogP contribution in [0.25, 0.3) is 0 Å². The molecule has 2 atom stereocenters. The third-order valence-electron chi connectivity index (χ3n) is 3.73. The molecular weight excluding hydrogens is 257 g/mol. The number of aliphatic carboxylic acids is 1. The second-order valence-electron chi connectivity index (χ2n) is 5.42. The smallest absolute Gasteiger partial charge is 0.311 e. The second kappa shape index (κ2) is 7.88. The number of anilines is 1. The minimum absolute atomic E-state index is 0.0616. The van der Waals surface area contributed by atoms with Crippen molar-refractivity contribution in [3.05, 3.63) is 29.6 Å². The number of hydrogen-bond acceptors (Lipinski definition) is 2. The lowest BCUT2D eigenvalue weighted by atomic mass is 9.83. The molecule has 1 aromatic rings. The maximum absolute atomic E-state index is 13.3. The van der Waals surface area contributed by atoms with Crippen molar-refractivity contribution in [3.63, 3.8) is 0 Å². The minimum atomic E-state index is -0.940. The van der Waals surface area contributed by atoms with E-state index in [0.29, 0.717) is 11.3 Å². The molecule has 0 amide bonds. The van der Waals surface area contributed by atoms with Gasteiger partial charge in [0.1, 0.15) is 5.82 Å². The van der Waals surface area contributed by atoms with Crippen molar-refractivity contribution in [3.8, 4) is 0 Å². The van der Waals surface area contributed by atoms with E-state index in [9.17, 15) is 14.3 Å². The summed E-state index contributed by atoms with van der Waals surface area (Å²) in [5.74, 6) is -2.19. The number of carbonyl (C=O) groups is 1. The molecular formula is C16H24FNO2. The molecule has 0 fully saturated rings. The first kappa shape index (κ1) is 16.5. The van der Waals surface area contributed by atoms with Gasteiger partial charge < -0.3 is 10.8 Å². The van der Waals surface area contributed by atoms with E-state index < -0.39 is 17.7 Å². The molecule has 0 aliphatic carbocycles. The highest BCUT2D eigenvalue weighted by molar-refractivity contribution is 5.79. The third kappa shape index (κ3) is 4.51. The zero-order valence-electron chi connectivity index (χ0n) is 12.2.